The molecule has 2 N–H and O–H groups in total. The number of carbonyl (C=O) groups excluding carboxylic acids is 1. The molecule has 0 bridgehead atoms. The molecule has 0 saturated carbocycles. The molecule has 1 amide bonds. The number of benzene rings is 2. The lowest BCUT2D eigenvalue weighted by Crippen LogP contribution is -2.38. The van der Waals surface area contributed by atoms with E-state index in [9.17, 15) is 4.79 Å². The summed E-state index contributed by atoms with van der Waals surface area (Å²) in [4.78, 5) is 12.1. The van der Waals surface area contributed by atoms with Crippen molar-refractivity contribution in [2.75, 3.05) is 0 Å². The van der Waals surface area contributed by atoms with Gasteiger partial charge in [0, 0.05) is 5.57 Å². The maximum atomic E-state index is 12.1. The van der Waals surface area contributed by atoms with Crippen LogP contribution in [0.25, 0.3) is 16.8 Å². The van der Waals surface area contributed by atoms with Crippen LogP contribution < -0.4 is 10.9 Å². The zero-order chi connectivity index (χ0) is 15.9. The van der Waals surface area contributed by atoms with Gasteiger partial charge in [0.25, 0.3) is 5.91 Å². The van der Waals surface area contributed by atoms with Crippen LogP contribution >= 0.6 is 0 Å². The van der Waals surface area contributed by atoms with Crippen LogP contribution in [0.3, 0.4) is 0 Å². The molecular formula is C19H22N2O. The summed E-state index contributed by atoms with van der Waals surface area (Å²) in [6.45, 7) is 8.39. The first-order valence-corrected chi connectivity index (χ1v) is 7.71. The van der Waals surface area contributed by atoms with Crippen LogP contribution in [0.5, 0.6) is 0 Å². The van der Waals surface area contributed by atoms with Crippen molar-refractivity contribution < 1.29 is 4.79 Å². The topological polar surface area (TPSA) is 41.1 Å². The highest BCUT2D eigenvalue weighted by Gasteiger charge is 2.35. The summed E-state index contributed by atoms with van der Waals surface area (Å²) >= 11 is 0. The molecule has 3 heteroatoms. The molecule has 0 radical (unpaired) electrons. The van der Waals surface area contributed by atoms with E-state index in [4.69, 9.17) is 0 Å². The van der Waals surface area contributed by atoms with Crippen molar-refractivity contribution in [3.63, 3.8) is 0 Å². The van der Waals surface area contributed by atoms with Crippen LogP contribution in [-0.2, 0) is 4.79 Å². The van der Waals surface area contributed by atoms with Crippen molar-refractivity contribution >= 4 is 22.8 Å². The molecule has 0 aliphatic carbocycles. The Kier molecular flexibility index (Phi) is 3.53. The van der Waals surface area contributed by atoms with Gasteiger partial charge in [0.1, 0.15) is 0 Å². The lowest BCUT2D eigenvalue weighted by molar-refractivity contribution is -0.116. The van der Waals surface area contributed by atoms with Crippen LogP contribution in [0.15, 0.2) is 42.0 Å². The zero-order valence-electron chi connectivity index (χ0n) is 13.5. The van der Waals surface area contributed by atoms with Gasteiger partial charge in [0.2, 0.25) is 0 Å². The monoisotopic (exact) mass is 294 g/mol. The zero-order valence-corrected chi connectivity index (χ0v) is 13.5. The first-order chi connectivity index (χ1) is 10.4. The molecule has 0 aromatic heterocycles. The first kappa shape index (κ1) is 14.8. The van der Waals surface area contributed by atoms with Gasteiger partial charge >= 0.3 is 0 Å². The van der Waals surface area contributed by atoms with Gasteiger partial charge in [-0.15, -0.1) is 0 Å². The summed E-state index contributed by atoms with van der Waals surface area (Å²) < 4.78 is 0. The van der Waals surface area contributed by atoms with Gasteiger partial charge in [-0.3, -0.25) is 10.2 Å². The molecule has 3 nitrogen and oxygen atoms in total. The molecule has 114 valence electrons. The minimum atomic E-state index is -0.369. The van der Waals surface area contributed by atoms with E-state index in [0.29, 0.717) is 5.92 Å². The van der Waals surface area contributed by atoms with Crippen LogP contribution in [0, 0.1) is 0 Å². The lowest BCUT2D eigenvalue weighted by atomic mass is 9.90. The van der Waals surface area contributed by atoms with Crippen molar-refractivity contribution in [1.29, 1.82) is 0 Å². The third-order valence-corrected chi connectivity index (χ3v) is 4.29. The number of hydrogen-bond donors (Lipinski definition) is 2. The van der Waals surface area contributed by atoms with E-state index in [0.717, 1.165) is 11.1 Å². The van der Waals surface area contributed by atoms with Crippen molar-refractivity contribution in [3.8, 4) is 0 Å². The normalized spacial score (nSPS) is 19.1. The van der Waals surface area contributed by atoms with Crippen LogP contribution in [-0.4, -0.2) is 11.4 Å². The maximum absolute atomic E-state index is 12.1. The molecular weight excluding hydrogens is 272 g/mol. The lowest BCUT2D eigenvalue weighted by Gasteiger charge is -2.18. The number of nitrogens with one attached hydrogen (secondary N) is 2. The second kappa shape index (κ2) is 5.25. The molecule has 0 spiro atoms. The smallest absolute Gasteiger partial charge is 0.263 e. The van der Waals surface area contributed by atoms with Crippen molar-refractivity contribution in [1.82, 2.24) is 10.9 Å². The molecule has 2 aromatic carbocycles. The van der Waals surface area contributed by atoms with Crippen molar-refractivity contribution in [2.45, 2.75) is 39.2 Å². The van der Waals surface area contributed by atoms with Gasteiger partial charge in [0.15, 0.2) is 0 Å². The summed E-state index contributed by atoms with van der Waals surface area (Å²) in [6.07, 6.45) is 2.02. The number of amides is 1. The Hall–Kier alpha value is -2.13. The minimum Gasteiger partial charge on any atom is -0.287 e. The highest BCUT2D eigenvalue weighted by Crippen LogP contribution is 2.30. The van der Waals surface area contributed by atoms with Crippen LogP contribution in [0.4, 0.5) is 0 Å². The highest BCUT2D eigenvalue weighted by molar-refractivity contribution is 6.04. The second-order valence-electron chi connectivity index (χ2n) is 6.75. The third kappa shape index (κ3) is 2.53. The van der Waals surface area contributed by atoms with E-state index in [1.807, 2.05) is 26.0 Å². The summed E-state index contributed by atoms with van der Waals surface area (Å²) in [5.74, 6) is 0.398. The Morgan fingerprint density at radius 1 is 1.14 bits per heavy atom. The van der Waals surface area contributed by atoms with E-state index in [2.05, 4.69) is 55.0 Å². The van der Waals surface area contributed by atoms with Gasteiger partial charge in [-0.2, -0.15) is 0 Å². The van der Waals surface area contributed by atoms with E-state index >= 15 is 0 Å². The van der Waals surface area contributed by atoms with Gasteiger partial charge < -0.3 is 0 Å². The Labute approximate surface area is 131 Å². The number of fused-ring (bicyclic) bond motifs is 1. The summed E-state index contributed by atoms with van der Waals surface area (Å²) in [6, 6.07) is 12.8. The fourth-order valence-electron chi connectivity index (χ4n) is 2.85. The van der Waals surface area contributed by atoms with Gasteiger partial charge in [-0.1, -0.05) is 50.2 Å². The molecule has 22 heavy (non-hydrogen) atoms. The van der Waals surface area contributed by atoms with Gasteiger partial charge in [-0.25, -0.2) is 5.43 Å². The Balaban J connectivity index is 2.23. The number of hydrazine groups is 1. The second-order valence-corrected chi connectivity index (χ2v) is 6.75. The largest absolute Gasteiger partial charge is 0.287 e. The Morgan fingerprint density at radius 2 is 1.86 bits per heavy atom. The van der Waals surface area contributed by atoms with Crippen molar-refractivity contribution in [2.24, 2.45) is 0 Å². The van der Waals surface area contributed by atoms with E-state index in [-0.39, 0.29) is 11.4 Å². The molecule has 1 aliphatic heterocycles. The molecule has 1 aliphatic rings. The van der Waals surface area contributed by atoms with E-state index < -0.39 is 0 Å². The number of rotatable bonds is 2. The summed E-state index contributed by atoms with van der Waals surface area (Å²) in [5, 5.41) is 2.39. The van der Waals surface area contributed by atoms with Gasteiger partial charge in [0.05, 0.1) is 5.54 Å². The van der Waals surface area contributed by atoms with E-state index in [1.165, 1.54) is 16.3 Å². The molecule has 1 heterocycles. The molecule has 1 saturated heterocycles. The first-order valence-electron chi connectivity index (χ1n) is 7.71. The third-order valence-electron chi connectivity index (χ3n) is 4.29. The fourth-order valence-corrected chi connectivity index (χ4v) is 2.85. The molecule has 2 aromatic rings. The highest BCUT2D eigenvalue weighted by atomic mass is 16.2. The van der Waals surface area contributed by atoms with Gasteiger partial charge in [-0.05, 0) is 47.7 Å². The predicted octanol–water partition coefficient (Wildman–Crippen LogP) is 3.76. The predicted molar refractivity (Wildman–Crippen MR) is 91.4 cm³/mol. The average molecular weight is 294 g/mol. The van der Waals surface area contributed by atoms with Crippen LogP contribution in [0.1, 0.15) is 44.7 Å². The maximum Gasteiger partial charge on any atom is 0.263 e. The van der Waals surface area contributed by atoms with Crippen LogP contribution in [0.2, 0.25) is 0 Å². The van der Waals surface area contributed by atoms with Crippen molar-refractivity contribution in [3.05, 3.63) is 53.1 Å². The molecule has 1 fully saturated rings. The Morgan fingerprint density at radius 3 is 2.50 bits per heavy atom. The summed E-state index contributed by atoms with van der Waals surface area (Å²) in [5.41, 5.74) is 8.52. The molecule has 0 atom stereocenters. The number of carbonyl (C=O) groups is 1. The average Bonchev–Trinajstić information content (AvgIpc) is 2.74. The summed E-state index contributed by atoms with van der Waals surface area (Å²) in [7, 11) is 0. The number of hydrogen-bond acceptors (Lipinski definition) is 2. The molecule has 3 rings (SSSR count). The molecule has 0 unspecified atom stereocenters. The van der Waals surface area contributed by atoms with E-state index in [1.54, 1.807) is 0 Å². The quantitative estimate of drug-likeness (QED) is 0.828. The fraction of sp³-hybridized carbons (Fsp3) is 0.316. The Bertz CT molecular complexity index is 772. The SMILES string of the molecule is CC(C)c1cc(/C=C2\C(=O)NNC2(C)C)c2ccccc2c1. The standard InChI is InChI=1S/C19H22N2O/c1-12(2)14-9-13-7-5-6-8-16(13)15(10-14)11-17-18(22)20-21-19(17,3)4/h5-12,21H,1-4H3,(H,20,22)/b17-11+. The minimum absolute atomic E-state index is 0.0518.